The Morgan fingerprint density at radius 2 is 1.83 bits per heavy atom. The topological polar surface area (TPSA) is 50.6 Å². The number of fused-ring (bicyclic) bond motifs is 1. The number of ketones is 1. The Balaban J connectivity index is 1.77. The molecule has 2 aromatic heterocycles. The lowest BCUT2D eigenvalue weighted by Crippen LogP contribution is -2.36. The lowest BCUT2D eigenvalue weighted by atomic mass is 10.0. The number of carbonyl (C=O) groups excluding carboxylic acids is 2. The fraction of sp³-hybridized carbons (Fsp3) is 0.360. The summed E-state index contributed by atoms with van der Waals surface area (Å²) >= 11 is 0. The number of nitrogens with zero attached hydrogens (tertiary/aromatic N) is 1. The van der Waals surface area contributed by atoms with E-state index in [0.29, 0.717) is 16.8 Å². The van der Waals surface area contributed by atoms with E-state index < -0.39 is 0 Å². The van der Waals surface area contributed by atoms with Crippen LogP contribution in [0.2, 0.25) is 0 Å². The molecule has 0 amide bonds. The minimum absolute atomic E-state index is 0.00521. The van der Waals surface area contributed by atoms with Gasteiger partial charge < -0.3 is 9.72 Å². The number of benzene rings is 1. The molecular formula is C25H29N2O2. The van der Waals surface area contributed by atoms with Crippen LogP contribution < -0.4 is 5.32 Å². The first kappa shape index (κ1) is 21.0. The summed E-state index contributed by atoms with van der Waals surface area (Å²) in [6, 6.07) is 13.4. The second-order valence-electron chi connectivity index (χ2n) is 8.49. The molecule has 3 rings (SSSR count). The van der Waals surface area contributed by atoms with Crippen molar-refractivity contribution in [3.8, 4) is 0 Å². The van der Waals surface area contributed by atoms with Crippen molar-refractivity contribution >= 4 is 17.6 Å². The zero-order valence-corrected chi connectivity index (χ0v) is 17.7. The molecule has 0 saturated heterocycles. The molecule has 1 N–H and O–H groups in total. The zero-order valence-electron chi connectivity index (χ0n) is 17.7. The molecule has 4 nitrogen and oxygen atoms in total. The quantitative estimate of drug-likeness (QED) is 0.455. The Hall–Kier alpha value is -2.72. The van der Waals surface area contributed by atoms with Gasteiger partial charge in [0.1, 0.15) is 0 Å². The second kappa shape index (κ2) is 8.75. The van der Waals surface area contributed by atoms with Crippen LogP contribution in [0.25, 0.3) is 5.52 Å². The van der Waals surface area contributed by atoms with E-state index >= 15 is 0 Å². The van der Waals surface area contributed by atoms with E-state index in [1.807, 2.05) is 47.9 Å². The van der Waals surface area contributed by atoms with Gasteiger partial charge in [0, 0.05) is 28.4 Å². The number of nitrogens with one attached hydrogen (secondary N) is 1. The fourth-order valence-corrected chi connectivity index (χ4v) is 3.54. The molecule has 1 aromatic carbocycles. The van der Waals surface area contributed by atoms with Gasteiger partial charge in [-0.05, 0) is 75.9 Å². The first-order valence-electron chi connectivity index (χ1n) is 10.2. The summed E-state index contributed by atoms with van der Waals surface area (Å²) in [7, 11) is 0. The third-order valence-corrected chi connectivity index (χ3v) is 5.08. The number of rotatable bonds is 8. The molecule has 0 fully saturated rings. The van der Waals surface area contributed by atoms with Crippen LogP contribution >= 0.6 is 0 Å². The summed E-state index contributed by atoms with van der Waals surface area (Å²) in [5.74, 6) is 0.00521. The van der Waals surface area contributed by atoms with Gasteiger partial charge >= 0.3 is 0 Å². The van der Waals surface area contributed by atoms with Gasteiger partial charge in [-0.3, -0.25) is 9.59 Å². The third kappa shape index (κ3) is 5.01. The van der Waals surface area contributed by atoms with Crippen LogP contribution in [0.1, 0.15) is 66.9 Å². The van der Waals surface area contributed by atoms with Crippen LogP contribution in [0, 0.1) is 0 Å². The van der Waals surface area contributed by atoms with Crippen LogP contribution in [0.5, 0.6) is 0 Å². The Kier molecular flexibility index (Phi) is 6.33. The summed E-state index contributed by atoms with van der Waals surface area (Å²) in [6.45, 7) is 9.51. The van der Waals surface area contributed by atoms with Crippen molar-refractivity contribution in [1.29, 1.82) is 0 Å². The molecule has 0 unspecified atom stereocenters. The van der Waals surface area contributed by atoms with E-state index in [4.69, 9.17) is 0 Å². The molecule has 3 aromatic rings. The summed E-state index contributed by atoms with van der Waals surface area (Å²) < 4.78 is 1.87. The molecule has 0 aliphatic rings. The van der Waals surface area contributed by atoms with Crippen LogP contribution in [0.3, 0.4) is 0 Å². The molecule has 0 aliphatic heterocycles. The molecule has 0 spiro atoms. The molecule has 0 bridgehead atoms. The van der Waals surface area contributed by atoms with Gasteiger partial charge in [0.15, 0.2) is 0 Å². The van der Waals surface area contributed by atoms with Gasteiger partial charge in [0.25, 0.3) is 0 Å². The maximum absolute atomic E-state index is 13.2. The molecule has 1 radical (unpaired) electrons. The maximum atomic E-state index is 13.2. The summed E-state index contributed by atoms with van der Waals surface area (Å²) in [6.07, 6.45) is 6.48. The Labute approximate surface area is 172 Å². The number of aromatic nitrogens is 1. The Morgan fingerprint density at radius 3 is 2.45 bits per heavy atom. The summed E-state index contributed by atoms with van der Waals surface area (Å²) in [5, 5.41) is 3.50. The first-order valence-corrected chi connectivity index (χ1v) is 10.2. The Morgan fingerprint density at radius 1 is 1.10 bits per heavy atom. The molecular weight excluding hydrogens is 360 g/mol. The minimum Gasteiger partial charge on any atom is -0.313 e. The first-order chi connectivity index (χ1) is 13.8. The molecule has 0 atom stereocenters. The summed E-state index contributed by atoms with van der Waals surface area (Å²) in [4.78, 5) is 24.2. The highest BCUT2D eigenvalue weighted by Gasteiger charge is 2.18. The average Bonchev–Trinajstić information content (AvgIpc) is 3.08. The molecule has 0 aliphatic carbocycles. The second-order valence-corrected chi connectivity index (χ2v) is 8.49. The number of hydrogen-bond donors (Lipinski definition) is 1. The lowest BCUT2D eigenvalue weighted by Gasteiger charge is -2.20. The largest absolute Gasteiger partial charge is 0.313 e. The van der Waals surface area contributed by atoms with Gasteiger partial charge in [-0.1, -0.05) is 31.2 Å². The Bertz CT molecular complexity index is 1010. The monoisotopic (exact) mass is 389 g/mol. The molecule has 0 saturated carbocycles. The van der Waals surface area contributed by atoms with Gasteiger partial charge in [0.05, 0.1) is 5.69 Å². The third-order valence-electron chi connectivity index (χ3n) is 5.08. The standard InChI is InChI=1S/C25H29N2O2/c1-5-20-16-22-15-19(17-28)12-14-27(22)23(20)24(29)21-10-8-18(9-11-21)7-6-13-26-25(2,3)4/h8-12,14-16,26H,5-7,13H2,1-4H3. The van der Waals surface area contributed by atoms with Crippen LogP contribution in [0.15, 0.2) is 48.7 Å². The maximum Gasteiger partial charge on any atom is 0.233 e. The van der Waals surface area contributed by atoms with E-state index in [1.165, 1.54) is 5.56 Å². The zero-order chi connectivity index (χ0) is 21.0. The number of aryl methyl sites for hydroxylation is 2. The van der Waals surface area contributed by atoms with E-state index in [-0.39, 0.29) is 11.3 Å². The van der Waals surface area contributed by atoms with Crippen molar-refractivity contribution in [2.24, 2.45) is 0 Å². The number of hydrogen-bond acceptors (Lipinski definition) is 3. The van der Waals surface area contributed by atoms with Crippen LogP contribution in [-0.2, 0) is 17.6 Å². The predicted molar refractivity (Wildman–Crippen MR) is 118 cm³/mol. The van der Waals surface area contributed by atoms with Crippen molar-refractivity contribution in [2.75, 3.05) is 6.54 Å². The van der Waals surface area contributed by atoms with Gasteiger partial charge in [-0.15, -0.1) is 0 Å². The van der Waals surface area contributed by atoms with E-state index in [0.717, 1.165) is 36.9 Å². The predicted octanol–water partition coefficient (Wildman–Crippen LogP) is 4.51. The summed E-state index contributed by atoms with van der Waals surface area (Å²) in [5.41, 5.74) is 5.03. The number of pyridine rings is 1. The SMILES string of the molecule is CCc1cc2cc([C]=O)ccn2c1C(=O)c1ccc(CCCNC(C)(C)C)cc1. The lowest BCUT2D eigenvalue weighted by molar-refractivity contribution is 0.103. The van der Waals surface area contributed by atoms with Crippen molar-refractivity contribution in [3.63, 3.8) is 0 Å². The highest BCUT2D eigenvalue weighted by Crippen LogP contribution is 2.22. The van der Waals surface area contributed by atoms with Crippen LogP contribution in [0.4, 0.5) is 0 Å². The highest BCUT2D eigenvalue weighted by atomic mass is 16.1. The smallest absolute Gasteiger partial charge is 0.233 e. The van der Waals surface area contributed by atoms with Gasteiger partial charge in [-0.2, -0.15) is 0 Å². The van der Waals surface area contributed by atoms with Gasteiger partial charge in [0.2, 0.25) is 12.1 Å². The van der Waals surface area contributed by atoms with Crippen molar-refractivity contribution in [3.05, 3.63) is 76.6 Å². The van der Waals surface area contributed by atoms with E-state index in [9.17, 15) is 9.59 Å². The molecule has 151 valence electrons. The normalized spacial score (nSPS) is 11.7. The average molecular weight is 390 g/mol. The molecule has 29 heavy (non-hydrogen) atoms. The molecule has 2 heterocycles. The van der Waals surface area contributed by atoms with E-state index in [2.05, 4.69) is 26.1 Å². The van der Waals surface area contributed by atoms with Crippen molar-refractivity contribution < 1.29 is 9.59 Å². The fourth-order valence-electron chi connectivity index (χ4n) is 3.54. The van der Waals surface area contributed by atoms with Crippen molar-refractivity contribution in [2.45, 2.75) is 52.5 Å². The minimum atomic E-state index is 0.00521. The number of carbonyl (C=O) groups is 1. The molecule has 4 heteroatoms. The van der Waals surface area contributed by atoms with E-state index in [1.54, 1.807) is 18.3 Å². The van der Waals surface area contributed by atoms with Crippen LogP contribution in [-0.4, -0.2) is 28.6 Å². The van der Waals surface area contributed by atoms with Crippen molar-refractivity contribution in [1.82, 2.24) is 9.72 Å². The highest BCUT2D eigenvalue weighted by molar-refractivity contribution is 6.09. The van der Waals surface area contributed by atoms with Gasteiger partial charge in [-0.25, -0.2) is 0 Å².